The first-order chi connectivity index (χ1) is 12.7. The van der Waals surface area contributed by atoms with Crippen LogP contribution in [0.25, 0.3) is 11.1 Å². The van der Waals surface area contributed by atoms with Gasteiger partial charge < -0.3 is 9.47 Å². The van der Waals surface area contributed by atoms with Crippen molar-refractivity contribution in [3.63, 3.8) is 0 Å². The van der Waals surface area contributed by atoms with Crippen LogP contribution in [0.5, 0.6) is 0 Å². The van der Waals surface area contributed by atoms with Crippen molar-refractivity contribution in [1.29, 1.82) is 0 Å². The molecule has 1 heterocycles. The van der Waals surface area contributed by atoms with E-state index in [9.17, 15) is 9.59 Å². The van der Waals surface area contributed by atoms with Crippen molar-refractivity contribution < 1.29 is 19.1 Å². The van der Waals surface area contributed by atoms with Crippen molar-refractivity contribution in [3.05, 3.63) is 59.7 Å². The van der Waals surface area contributed by atoms with E-state index >= 15 is 0 Å². The predicted molar refractivity (Wildman–Crippen MR) is 96.8 cm³/mol. The number of nitrogens with zero attached hydrogens (tertiary/aromatic N) is 1. The maximum Gasteiger partial charge on any atom is 0.410 e. The third-order valence-corrected chi connectivity index (χ3v) is 5.30. The summed E-state index contributed by atoms with van der Waals surface area (Å²) in [5.74, 6) is -0.360. The molecule has 2 aromatic rings. The molecule has 1 aliphatic carbocycles. The molecule has 4 rings (SSSR count). The summed E-state index contributed by atoms with van der Waals surface area (Å²) < 4.78 is 10.4. The van der Waals surface area contributed by atoms with Crippen LogP contribution in [-0.4, -0.2) is 43.3 Å². The summed E-state index contributed by atoms with van der Waals surface area (Å²) in [5, 5.41) is 0. The second-order valence-corrected chi connectivity index (χ2v) is 6.68. The van der Waals surface area contributed by atoms with E-state index in [2.05, 4.69) is 24.3 Å². The topological polar surface area (TPSA) is 55.8 Å². The molecule has 0 spiro atoms. The molecule has 1 amide bonds. The van der Waals surface area contributed by atoms with E-state index in [0.29, 0.717) is 13.0 Å². The van der Waals surface area contributed by atoms with Crippen LogP contribution in [0.4, 0.5) is 4.79 Å². The second kappa shape index (κ2) is 6.83. The fourth-order valence-corrected chi connectivity index (χ4v) is 4.04. The van der Waals surface area contributed by atoms with Crippen LogP contribution < -0.4 is 0 Å². The number of hydrogen-bond acceptors (Lipinski definition) is 4. The molecule has 2 aromatic carbocycles. The van der Waals surface area contributed by atoms with Crippen LogP contribution in [0.2, 0.25) is 0 Å². The Balaban J connectivity index is 1.51. The Morgan fingerprint density at radius 2 is 1.65 bits per heavy atom. The number of amides is 1. The van der Waals surface area contributed by atoms with Gasteiger partial charge in [0.1, 0.15) is 12.6 Å². The van der Waals surface area contributed by atoms with Gasteiger partial charge in [-0.05, 0) is 35.1 Å². The largest absolute Gasteiger partial charge is 0.467 e. The number of ether oxygens (including phenoxy) is 2. The number of methoxy groups -OCH3 is 1. The van der Waals surface area contributed by atoms with E-state index in [0.717, 1.165) is 6.42 Å². The van der Waals surface area contributed by atoms with Crippen LogP contribution in [0.15, 0.2) is 48.5 Å². The van der Waals surface area contributed by atoms with Gasteiger partial charge in [0.15, 0.2) is 0 Å². The number of likely N-dealkylation sites (tertiary alicyclic amines) is 1. The number of fused-ring (bicyclic) bond motifs is 3. The summed E-state index contributed by atoms with van der Waals surface area (Å²) in [4.78, 5) is 25.9. The standard InChI is InChI=1S/C21H21NO4/c1-25-20(23)19-11-6-12-22(19)21(24)26-13-18-16-9-4-2-7-14(16)15-8-3-5-10-17(15)18/h2-5,7-10,18-19H,6,11-13H2,1H3/t19-/m0/s1. The summed E-state index contributed by atoms with van der Waals surface area (Å²) in [7, 11) is 1.34. The lowest BCUT2D eigenvalue weighted by atomic mass is 9.98. The zero-order valence-corrected chi connectivity index (χ0v) is 14.7. The average molecular weight is 351 g/mol. The molecule has 1 atom stereocenters. The molecule has 0 bridgehead atoms. The lowest BCUT2D eigenvalue weighted by molar-refractivity contribution is -0.145. The van der Waals surface area contributed by atoms with Crippen molar-refractivity contribution in [1.82, 2.24) is 4.90 Å². The lowest BCUT2D eigenvalue weighted by Crippen LogP contribution is -2.41. The van der Waals surface area contributed by atoms with E-state index in [4.69, 9.17) is 9.47 Å². The molecule has 0 aromatic heterocycles. The Bertz CT molecular complexity index is 802. The highest BCUT2D eigenvalue weighted by atomic mass is 16.6. The first-order valence-electron chi connectivity index (χ1n) is 8.90. The number of benzene rings is 2. The molecule has 1 saturated heterocycles. The predicted octanol–water partition coefficient (Wildman–Crippen LogP) is 3.57. The first-order valence-corrected chi connectivity index (χ1v) is 8.90. The highest BCUT2D eigenvalue weighted by molar-refractivity contribution is 5.82. The molecule has 2 aliphatic rings. The summed E-state index contributed by atoms with van der Waals surface area (Å²) in [6.07, 6.45) is 0.959. The van der Waals surface area contributed by atoms with Crippen molar-refractivity contribution in [2.24, 2.45) is 0 Å². The van der Waals surface area contributed by atoms with Crippen LogP contribution in [0.3, 0.4) is 0 Å². The minimum absolute atomic E-state index is 0.0190. The molecule has 5 nitrogen and oxygen atoms in total. The Morgan fingerprint density at radius 1 is 1.04 bits per heavy atom. The van der Waals surface area contributed by atoms with Crippen molar-refractivity contribution in [3.8, 4) is 11.1 Å². The van der Waals surface area contributed by atoms with Gasteiger partial charge in [0, 0.05) is 12.5 Å². The SMILES string of the molecule is COC(=O)[C@@H]1CCCN1C(=O)OCC1c2ccccc2-c2ccccc21. The maximum absolute atomic E-state index is 12.6. The number of carbonyl (C=O) groups excluding carboxylic acids is 2. The molecule has 0 N–H and O–H groups in total. The van der Waals surface area contributed by atoms with E-state index in [-0.39, 0.29) is 18.5 Å². The van der Waals surface area contributed by atoms with Crippen molar-refractivity contribution >= 4 is 12.1 Å². The highest BCUT2D eigenvalue weighted by Crippen LogP contribution is 2.44. The monoisotopic (exact) mass is 351 g/mol. The van der Waals surface area contributed by atoms with Gasteiger partial charge in [-0.3, -0.25) is 4.90 Å². The normalized spacial score (nSPS) is 18.3. The zero-order valence-electron chi connectivity index (χ0n) is 14.7. The van der Waals surface area contributed by atoms with Crippen molar-refractivity contribution in [2.75, 3.05) is 20.3 Å². The molecule has 0 saturated carbocycles. The number of carbonyl (C=O) groups is 2. The lowest BCUT2D eigenvalue weighted by Gasteiger charge is -2.23. The van der Waals surface area contributed by atoms with Gasteiger partial charge in [0.05, 0.1) is 7.11 Å². The number of rotatable bonds is 3. The van der Waals surface area contributed by atoms with Gasteiger partial charge in [-0.2, -0.15) is 0 Å². The highest BCUT2D eigenvalue weighted by Gasteiger charge is 2.37. The van der Waals surface area contributed by atoms with Crippen LogP contribution in [0, 0.1) is 0 Å². The zero-order chi connectivity index (χ0) is 18.1. The second-order valence-electron chi connectivity index (χ2n) is 6.68. The smallest absolute Gasteiger partial charge is 0.410 e. The third kappa shape index (κ3) is 2.73. The van der Waals surface area contributed by atoms with Crippen LogP contribution in [0.1, 0.15) is 29.9 Å². The minimum atomic E-state index is -0.532. The number of hydrogen-bond donors (Lipinski definition) is 0. The molecule has 0 unspecified atom stereocenters. The summed E-state index contributed by atoms with van der Waals surface area (Å²) in [6, 6.07) is 15.9. The fraction of sp³-hybridized carbons (Fsp3) is 0.333. The fourth-order valence-electron chi connectivity index (χ4n) is 4.04. The summed E-state index contributed by atoms with van der Waals surface area (Å²) in [6.45, 7) is 0.785. The number of esters is 1. The van der Waals surface area contributed by atoms with Crippen molar-refractivity contribution in [2.45, 2.75) is 24.8 Å². The molecular formula is C21H21NO4. The molecular weight excluding hydrogens is 330 g/mol. The van der Waals surface area contributed by atoms with Gasteiger partial charge in [-0.1, -0.05) is 48.5 Å². The molecule has 5 heteroatoms. The Hall–Kier alpha value is -2.82. The molecule has 1 aliphatic heterocycles. The average Bonchev–Trinajstić information content (AvgIpc) is 3.29. The maximum atomic E-state index is 12.6. The van der Waals surface area contributed by atoms with E-state index < -0.39 is 12.1 Å². The Labute approximate surface area is 152 Å². The minimum Gasteiger partial charge on any atom is -0.467 e. The summed E-state index contributed by atoms with van der Waals surface area (Å²) in [5.41, 5.74) is 4.73. The van der Waals surface area contributed by atoms with Gasteiger partial charge in [0.25, 0.3) is 0 Å². The van der Waals surface area contributed by atoms with Gasteiger partial charge in [-0.25, -0.2) is 9.59 Å². The summed E-state index contributed by atoms with van der Waals surface area (Å²) >= 11 is 0. The van der Waals surface area contributed by atoms with E-state index in [1.807, 2.05) is 24.3 Å². The Morgan fingerprint density at radius 3 is 2.27 bits per heavy atom. The Kier molecular flexibility index (Phi) is 4.37. The quantitative estimate of drug-likeness (QED) is 0.793. The molecule has 0 radical (unpaired) electrons. The van der Waals surface area contributed by atoms with E-state index in [1.165, 1.54) is 34.3 Å². The molecule has 134 valence electrons. The first kappa shape index (κ1) is 16.6. The molecule has 1 fully saturated rings. The molecule has 26 heavy (non-hydrogen) atoms. The van der Waals surface area contributed by atoms with Gasteiger partial charge in [0.2, 0.25) is 0 Å². The third-order valence-electron chi connectivity index (χ3n) is 5.30. The van der Waals surface area contributed by atoms with E-state index in [1.54, 1.807) is 0 Å². The van der Waals surface area contributed by atoms with Gasteiger partial charge >= 0.3 is 12.1 Å². The van der Waals surface area contributed by atoms with Crippen LogP contribution in [-0.2, 0) is 14.3 Å². The van der Waals surface area contributed by atoms with Crippen LogP contribution >= 0.6 is 0 Å². The van der Waals surface area contributed by atoms with Gasteiger partial charge in [-0.15, -0.1) is 0 Å².